The zero-order chi connectivity index (χ0) is 33.4. The van der Waals surface area contributed by atoms with Crippen molar-refractivity contribution in [3.8, 4) is 0 Å². The minimum Gasteiger partial charge on any atom is -0.352 e. The van der Waals surface area contributed by atoms with Crippen LogP contribution in [0.3, 0.4) is 0 Å². The molecular weight excluding hydrogens is 660 g/mol. The van der Waals surface area contributed by atoms with Gasteiger partial charge in [-0.2, -0.15) is 0 Å². The van der Waals surface area contributed by atoms with E-state index in [-0.39, 0.29) is 45.5 Å². The van der Waals surface area contributed by atoms with Gasteiger partial charge in [-0.3, -0.25) is 13.9 Å². The number of carbonyl (C=O) groups is 2. The summed E-state index contributed by atoms with van der Waals surface area (Å²) in [5.74, 6) is -1.41. The van der Waals surface area contributed by atoms with E-state index in [9.17, 15) is 22.4 Å². The molecule has 0 aromatic heterocycles. The summed E-state index contributed by atoms with van der Waals surface area (Å²) >= 11 is 12.6. The minimum absolute atomic E-state index is 0.0270. The fourth-order valence-electron chi connectivity index (χ4n) is 5.82. The molecule has 1 N–H and O–H groups in total. The van der Waals surface area contributed by atoms with Crippen molar-refractivity contribution in [2.75, 3.05) is 10.8 Å². The lowest BCUT2D eigenvalue weighted by atomic mass is 9.94. The van der Waals surface area contributed by atoms with Crippen molar-refractivity contribution < 1.29 is 22.4 Å². The molecule has 1 aliphatic carbocycles. The van der Waals surface area contributed by atoms with Crippen LogP contribution in [0.25, 0.3) is 0 Å². The Labute approximate surface area is 285 Å². The molecule has 11 heteroatoms. The van der Waals surface area contributed by atoms with E-state index < -0.39 is 34.3 Å². The zero-order valence-corrected chi connectivity index (χ0v) is 28.0. The molecule has 0 aliphatic heterocycles. The second-order valence-corrected chi connectivity index (χ2v) is 14.4. The third kappa shape index (κ3) is 9.12. The van der Waals surface area contributed by atoms with Crippen LogP contribution in [0.1, 0.15) is 43.2 Å². The highest BCUT2D eigenvalue weighted by atomic mass is 35.5. The van der Waals surface area contributed by atoms with Gasteiger partial charge >= 0.3 is 0 Å². The van der Waals surface area contributed by atoms with Gasteiger partial charge < -0.3 is 10.2 Å². The summed E-state index contributed by atoms with van der Waals surface area (Å²) in [6.45, 7) is -0.721. The van der Waals surface area contributed by atoms with Crippen LogP contribution in [0.2, 0.25) is 10.0 Å². The van der Waals surface area contributed by atoms with Gasteiger partial charge in [-0.1, -0.05) is 103 Å². The first kappa shape index (κ1) is 34.4. The molecule has 246 valence electrons. The molecule has 47 heavy (non-hydrogen) atoms. The molecule has 1 fully saturated rings. The molecule has 0 heterocycles. The molecule has 0 spiro atoms. The summed E-state index contributed by atoms with van der Waals surface area (Å²) in [6.07, 6.45) is 4.97. The molecule has 4 aromatic rings. The predicted octanol–water partition coefficient (Wildman–Crippen LogP) is 7.42. The predicted molar refractivity (Wildman–Crippen MR) is 183 cm³/mol. The highest BCUT2D eigenvalue weighted by Crippen LogP contribution is 2.30. The normalized spacial score (nSPS) is 14.3. The molecular formula is C36H36Cl2FN3O4S. The van der Waals surface area contributed by atoms with Gasteiger partial charge in [-0.05, 0) is 66.4 Å². The van der Waals surface area contributed by atoms with Gasteiger partial charge in [0.1, 0.15) is 18.4 Å². The molecule has 1 atom stereocenters. The van der Waals surface area contributed by atoms with Gasteiger partial charge in [0.2, 0.25) is 11.8 Å². The molecule has 0 unspecified atom stereocenters. The topological polar surface area (TPSA) is 86.8 Å². The maximum absolute atomic E-state index is 14.6. The Bertz CT molecular complexity index is 1750. The Morgan fingerprint density at radius 1 is 0.809 bits per heavy atom. The number of nitrogens with zero attached hydrogens (tertiary/aromatic N) is 2. The molecule has 4 aromatic carbocycles. The van der Waals surface area contributed by atoms with E-state index in [1.165, 1.54) is 47.4 Å². The summed E-state index contributed by atoms with van der Waals surface area (Å²) in [6, 6.07) is 26.0. The summed E-state index contributed by atoms with van der Waals surface area (Å²) in [5.41, 5.74) is 1.49. The number of hydrogen-bond acceptors (Lipinski definition) is 4. The Balaban J connectivity index is 1.57. The van der Waals surface area contributed by atoms with Crippen molar-refractivity contribution in [1.29, 1.82) is 0 Å². The van der Waals surface area contributed by atoms with E-state index in [2.05, 4.69) is 5.32 Å². The van der Waals surface area contributed by atoms with Crippen LogP contribution in [0.15, 0.2) is 108 Å². The first-order valence-electron chi connectivity index (χ1n) is 15.5. The van der Waals surface area contributed by atoms with Gasteiger partial charge in [-0.15, -0.1) is 0 Å². The number of anilines is 1. The van der Waals surface area contributed by atoms with Gasteiger partial charge in [-0.25, -0.2) is 12.8 Å². The van der Waals surface area contributed by atoms with Crippen molar-refractivity contribution in [2.45, 2.75) is 62.0 Å². The van der Waals surface area contributed by atoms with E-state index in [4.69, 9.17) is 23.2 Å². The Morgan fingerprint density at radius 3 is 2.02 bits per heavy atom. The van der Waals surface area contributed by atoms with E-state index >= 15 is 0 Å². The van der Waals surface area contributed by atoms with E-state index in [1.54, 1.807) is 30.3 Å². The second kappa shape index (κ2) is 15.8. The fourth-order valence-corrected chi connectivity index (χ4v) is 7.75. The Hall–Kier alpha value is -3.92. The zero-order valence-electron chi connectivity index (χ0n) is 25.7. The van der Waals surface area contributed by atoms with E-state index in [0.29, 0.717) is 5.56 Å². The monoisotopic (exact) mass is 695 g/mol. The van der Waals surface area contributed by atoms with E-state index in [0.717, 1.165) is 42.0 Å². The maximum atomic E-state index is 14.6. The molecule has 1 saturated carbocycles. The average Bonchev–Trinajstić information content (AvgIpc) is 3.06. The summed E-state index contributed by atoms with van der Waals surface area (Å²) in [4.78, 5) is 30.1. The largest absolute Gasteiger partial charge is 0.352 e. The van der Waals surface area contributed by atoms with Crippen molar-refractivity contribution in [2.24, 2.45) is 0 Å². The van der Waals surface area contributed by atoms with Gasteiger partial charge in [0, 0.05) is 29.1 Å². The molecule has 0 bridgehead atoms. The van der Waals surface area contributed by atoms with Crippen LogP contribution in [0.5, 0.6) is 0 Å². The smallest absolute Gasteiger partial charge is 0.264 e. The second-order valence-electron chi connectivity index (χ2n) is 11.6. The number of rotatable bonds is 12. The van der Waals surface area contributed by atoms with Crippen LogP contribution in [0.4, 0.5) is 10.1 Å². The first-order valence-corrected chi connectivity index (χ1v) is 17.7. The Morgan fingerprint density at radius 2 is 1.40 bits per heavy atom. The number of hydrogen-bond donors (Lipinski definition) is 1. The fraction of sp³-hybridized carbons (Fsp3) is 0.278. The molecule has 0 saturated heterocycles. The van der Waals surface area contributed by atoms with Crippen molar-refractivity contribution in [3.63, 3.8) is 0 Å². The number of sulfonamides is 1. The highest BCUT2D eigenvalue weighted by Gasteiger charge is 2.35. The third-order valence-electron chi connectivity index (χ3n) is 8.23. The van der Waals surface area contributed by atoms with E-state index in [1.807, 2.05) is 30.3 Å². The quantitative estimate of drug-likeness (QED) is 0.167. The van der Waals surface area contributed by atoms with Crippen LogP contribution in [0, 0.1) is 5.82 Å². The van der Waals surface area contributed by atoms with Gasteiger partial charge in [0.25, 0.3) is 10.0 Å². The number of benzene rings is 4. The van der Waals surface area contributed by atoms with Crippen LogP contribution < -0.4 is 9.62 Å². The molecule has 7 nitrogen and oxygen atoms in total. The average molecular weight is 697 g/mol. The van der Waals surface area contributed by atoms with Crippen molar-refractivity contribution in [1.82, 2.24) is 10.2 Å². The number of halogens is 3. The number of nitrogens with one attached hydrogen (secondary N) is 1. The first-order chi connectivity index (χ1) is 22.6. The van der Waals surface area contributed by atoms with Crippen molar-refractivity contribution in [3.05, 3.63) is 130 Å². The molecule has 5 rings (SSSR count). The lowest BCUT2D eigenvalue weighted by Crippen LogP contribution is -2.55. The lowest BCUT2D eigenvalue weighted by molar-refractivity contribution is -0.140. The molecule has 1 aliphatic rings. The minimum atomic E-state index is -4.30. The number of carbonyl (C=O) groups excluding carboxylic acids is 2. The van der Waals surface area contributed by atoms with Crippen LogP contribution in [-0.4, -0.2) is 43.8 Å². The maximum Gasteiger partial charge on any atom is 0.264 e. The summed E-state index contributed by atoms with van der Waals surface area (Å²) < 4.78 is 43.1. The SMILES string of the molecule is O=C(NC1CCCCC1)[C@H](Cc1ccccc1)N(Cc1ccc(F)cc1)C(=O)CN(c1cc(Cl)cc(Cl)c1)S(=O)(=O)c1ccccc1. The van der Waals surface area contributed by atoms with Gasteiger partial charge in [0.05, 0.1) is 10.6 Å². The molecule has 2 amide bonds. The molecule has 0 radical (unpaired) electrons. The number of amides is 2. The summed E-state index contributed by atoms with van der Waals surface area (Å²) in [5, 5.41) is 3.54. The third-order valence-corrected chi connectivity index (χ3v) is 10.5. The Kier molecular flexibility index (Phi) is 11.6. The van der Waals surface area contributed by atoms with Crippen LogP contribution in [-0.2, 0) is 32.6 Å². The standard InChI is InChI=1S/C36H36Cl2FN3O4S/c37-28-21-29(38)23-32(22-28)42(47(45,46)33-14-8-3-9-15-33)25-35(43)41(24-27-16-18-30(39)19-17-27)34(20-26-10-4-1-5-11-26)36(44)40-31-12-6-2-7-13-31/h1,3-5,8-11,14-19,21-23,31,34H,2,6-7,12-13,20,24-25H2,(H,40,44)/t34-/m0/s1. The highest BCUT2D eigenvalue weighted by molar-refractivity contribution is 7.92. The van der Waals surface area contributed by atoms with Crippen LogP contribution >= 0.6 is 23.2 Å². The summed E-state index contributed by atoms with van der Waals surface area (Å²) in [7, 11) is -4.30. The van der Waals surface area contributed by atoms with Crippen molar-refractivity contribution >= 4 is 50.7 Å². The van der Waals surface area contributed by atoms with Gasteiger partial charge in [0.15, 0.2) is 0 Å². The lowest BCUT2D eigenvalue weighted by Gasteiger charge is -2.35.